The van der Waals surface area contributed by atoms with Crippen LogP contribution in [0.4, 0.5) is 17.1 Å². The summed E-state index contributed by atoms with van der Waals surface area (Å²) >= 11 is 1.89. The Balaban J connectivity index is 1.14. The van der Waals surface area contributed by atoms with E-state index in [9.17, 15) is 0 Å². The van der Waals surface area contributed by atoms with Gasteiger partial charge in [-0.2, -0.15) is 0 Å². The number of hydrogen-bond acceptors (Lipinski definition) is 2. The molecule has 1 heterocycles. The van der Waals surface area contributed by atoms with Crippen LogP contribution in [-0.2, 0) is 5.41 Å². The predicted molar refractivity (Wildman–Crippen MR) is 241 cm³/mol. The lowest BCUT2D eigenvalue weighted by Crippen LogP contribution is -2.36. The van der Waals surface area contributed by atoms with Gasteiger partial charge in [-0.1, -0.05) is 176 Å². The van der Waals surface area contributed by atoms with Crippen molar-refractivity contribution in [2.45, 2.75) is 15.2 Å². The van der Waals surface area contributed by atoms with Gasteiger partial charge in [-0.25, -0.2) is 0 Å². The second kappa shape index (κ2) is 12.6. The second-order valence-corrected chi connectivity index (χ2v) is 16.3. The monoisotopic (exact) mass is 741 g/mol. The molecule has 1 aliphatic heterocycles. The molecule has 0 radical (unpaired) electrons. The van der Waals surface area contributed by atoms with Gasteiger partial charge in [-0.05, 0) is 120 Å². The Bertz CT molecular complexity index is 3190. The molecule has 10 aromatic rings. The van der Waals surface area contributed by atoms with E-state index in [1.807, 2.05) is 11.8 Å². The third-order valence-electron chi connectivity index (χ3n) is 12.3. The molecule has 0 amide bonds. The molecular weight excluding hydrogens is 707 g/mol. The first-order valence-corrected chi connectivity index (χ1v) is 20.5. The number of nitrogens with zero attached hydrogens (tertiary/aromatic N) is 1. The van der Waals surface area contributed by atoms with E-state index in [0.717, 1.165) is 17.1 Å². The minimum atomic E-state index is -0.479. The summed E-state index contributed by atoms with van der Waals surface area (Å²) in [5.74, 6) is 0. The molecular formula is C55H35NS. The van der Waals surface area contributed by atoms with Crippen molar-refractivity contribution < 1.29 is 0 Å². The number of rotatable bonds is 4. The molecule has 0 atom stereocenters. The van der Waals surface area contributed by atoms with Gasteiger partial charge in [0.2, 0.25) is 0 Å². The van der Waals surface area contributed by atoms with Crippen molar-refractivity contribution in [1.29, 1.82) is 0 Å². The number of benzene rings is 10. The molecule has 0 unspecified atom stereocenters. The molecule has 57 heavy (non-hydrogen) atoms. The third-order valence-corrected chi connectivity index (χ3v) is 13.4. The molecule has 0 saturated heterocycles. The van der Waals surface area contributed by atoms with E-state index in [2.05, 4.69) is 217 Å². The molecule has 12 rings (SSSR count). The van der Waals surface area contributed by atoms with Gasteiger partial charge in [-0.15, -0.1) is 0 Å². The summed E-state index contributed by atoms with van der Waals surface area (Å²) in [6.45, 7) is 0. The fraction of sp³-hybridized carbons (Fsp3) is 0.0182. The van der Waals surface area contributed by atoms with Crippen LogP contribution in [-0.4, -0.2) is 0 Å². The predicted octanol–water partition coefficient (Wildman–Crippen LogP) is 15.1. The Labute approximate surface area is 336 Å². The van der Waals surface area contributed by atoms with Gasteiger partial charge < -0.3 is 4.90 Å². The number of fused-ring (bicyclic) bond motifs is 10. The second-order valence-electron chi connectivity index (χ2n) is 15.2. The lowest BCUT2D eigenvalue weighted by atomic mass is 9.59. The van der Waals surface area contributed by atoms with Gasteiger partial charge in [0.15, 0.2) is 0 Å². The van der Waals surface area contributed by atoms with Crippen LogP contribution in [0.3, 0.4) is 0 Å². The Morgan fingerprint density at radius 3 is 1.70 bits per heavy atom. The van der Waals surface area contributed by atoms with E-state index in [1.165, 1.54) is 86.6 Å². The van der Waals surface area contributed by atoms with E-state index < -0.39 is 5.41 Å². The smallest absolute Gasteiger partial charge is 0.0735 e. The highest BCUT2D eigenvalue weighted by molar-refractivity contribution is 7.99. The molecule has 2 heteroatoms. The molecule has 0 bridgehead atoms. The van der Waals surface area contributed by atoms with Gasteiger partial charge in [-0.3, -0.25) is 0 Å². The largest absolute Gasteiger partial charge is 0.310 e. The Hall–Kier alpha value is -6.87. The highest BCUT2D eigenvalue weighted by atomic mass is 32.2. The van der Waals surface area contributed by atoms with Crippen LogP contribution in [0, 0.1) is 0 Å². The molecule has 0 saturated carbocycles. The molecule has 1 aliphatic carbocycles. The first-order valence-electron chi connectivity index (χ1n) is 19.7. The average Bonchev–Trinajstić information content (AvgIpc) is 3.28. The van der Waals surface area contributed by atoms with Crippen LogP contribution < -0.4 is 4.90 Å². The molecule has 2 aliphatic rings. The van der Waals surface area contributed by atoms with Crippen molar-refractivity contribution in [3.63, 3.8) is 0 Å². The standard InChI is InChI=1S/C55H35NS/c1-2-13-36(14-3-1)39-25-26-41-35-43(30-28-40(41)33-39)56(42-29-27-37-15-4-5-16-38(37)34-42)51-32-31-45-44-17-6-7-19-47(44)55(50-22-12-18-46(51)54(45)50)48-20-8-10-23-52(48)57-53-24-11-9-21-49(53)55/h1-35H. The Morgan fingerprint density at radius 1 is 0.351 bits per heavy atom. The van der Waals surface area contributed by atoms with Crippen molar-refractivity contribution in [3.05, 3.63) is 235 Å². The lowest BCUT2D eigenvalue weighted by Gasteiger charge is -2.46. The zero-order valence-corrected chi connectivity index (χ0v) is 31.9. The third kappa shape index (κ3) is 4.78. The van der Waals surface area contributed by atoms with Gasteiger partial charge in [0.1, 0.15) is 0 Å². The minimum absolute atomic E-state index is 0.479. The van der Waals surface area contributed by atoms with E-state index in [0.29, 0.717) is 0 Å². The van der Waals surface area contributed by atoms with Gasteiger partial charge >= 0.3 is 0 Å². The van der Waals surface area contributed by atoms with E-state index in [4.69, 9.17) is 0 Å². The minimum Gasteiger partial charge on any atom is -0.310 e. The molecule has 1 nitrogen and oxygen atoms in total. The van der Waals surface area contributed by atoms with E-state index in [1.54, 1.807) is 0 Å². The van der Waals surface area contributed by atoms with Gasteiger partial charge in [0.05, 0.1) is 11.1 Å². The molecule has 266 valence electrons. The van der Waals surface area contributed by atoms with Crippen LogP contribution in [0.2, 0.25) is 0 Å². The highest BCUT2D eigenvalue weighted by Crippen LogP contribution is 2.62. The summed E-state index contributed by atoms with van der Waals surface area (Å²) in [6.07, 6.45) is 0. The van der Waals surface area contributed by atoms with Crippen LogP contribution in [0.1, 0.15) is 22.3 Å². The zero-order chi connectivity index (χ0) is 37.5. The summed E-state index contributed by atoms with van der Waals surface area (Å²) in [5, 5.41) is 7.43. The highest BCUT2D eigenvalue weighted by Gasteiger charge is 2.48. The van der Waals surface area contributed by atoms with Crippen LogP contribution >= 0.6 is 11.8 Å². The van der Waals surface area contributed by atoms with Crippen molar-refractivity contribution in [2.24, 2.45) is 0 Å². The SMILES string of the molecule is c1ccc(-c2ccc3cc(N(c4ccc5ccccc5c4)c4ccc5c6c(cccc46)C4(c6ccccc6Sc6ccccc64)c4ccccc4-5)ccc3c2)cc1. The fourth-order valence-corrected chi connectivity index (χ4v) is 11.0. The van der Waals surface area contributed by atoms with Crippen molar-refractivity contribution in [2.75, 3.05) is 4.90 Å². The molecule has 0 N–H and O–H groups in total. The summed E-state index contributed by atoms with van der Waals surface area (Å²) in [5.41, 5.74) is 13.3. The summed E-state index contributed by atoms with van der Waals surface area (Å²) in [6, 6.07) is 79.0. The number of hydrogen-bond donors (Lipinski definition) is 0. The van der Waals surface area contributed by atoms with Crippen LogP contribution in [0.5, 0.6) is 0 Å². The van der Waals surface area contributed by atoms with Crippen molar-refractivity contribution in [1.82, 2.24) is 0 Å². The first kappa shape index (κ1) is 32.4. The molecule has 0 fully saturated rings. The average molecular weight is 742 g/mol. The number of anilines is 3. The normalized spacial score (nSPS) is 13.3. The lowest BCUT2D eigenvalue weighted by molar-refractivity contribution is 0.707. The van der Waals surface area contributed by atoms with Crippen LogP contribution in [0.25, 0.3) is 54.6 Å². The molecule has 1 spiro atoms. The maximum atomic E-state index is 2.48. The zero-order valence-electron chi connectivity index (χ0n) is 31.1. The Kier molecular flexibility index (Phi) is 7.14. The molecule has 0 aromatic heterocycles. The maximum Gasteiger partial charge on any atom is 0.0735 e. The summed E-state index contributed by atoms with van der Waals surface area (Å²) < 4.78 is 0. The maximum absolute atomic E-state index is 2.48. The van der Waals surface area contributed by atoms with Crippen LogP contribution in [0.15, 0.2) is 222 Å². The quantitative estimate of drug-likeness (QED) is 0.177. The van der Waals surface area contributed by atoms with Crippen molar-refractivity contribution >= 4 is 61.1 Å². The van der Waals surface area contributed by atoms with E-state index >= 15 is 0 Å². The topological polar surface area (TPSA) is 3.24 Å². The first-order chi connectivity index (χ1) is 28.3. The van der Waals surface area contributed by atoms with Crippen molar-refractivity contribution in [3.8, 4) is 22.3 Å². The Morgan fingerprint density at radius 2 is 0.930 bits per heavy atom. The van der Waals surface area contributed by atoms with Gasteiger partial charge in [0, 0.05) is 26.6 Å². The van der Waals surface area contributed by atoms with E-state index in [-0.39, 0.29) is 0 Å². The fourth-order valence-electron chi connectivity index (χ4n) is 9.81. The summed E-state index contributed by atoms with van der Waals surface area (Å²) in [4.78, 5) is 5.10. The summed E-state index contributed by atoms with van der Waals surface area (Å²) in [7, 11) is 0. The molecule has 10 aromatic carbocycles. The van der Waals surface area contributed by atoms with Gasteiger partial charge in [0.25, 0.3) is 0 Å².